The summed E-state index contributed by atoms with van der Waals surface area (Å²) in [6.07, 6.45) is -1.14. The molecule has 0 bridgehead atoms. The molecule has 0 saturated carbocycles. The lowest BCUT2D eigenvalue weighted by molar-refractivity contribution is 0.108. The molecule has 1 aromatic rings. The van der Waals surface area contributed by atoms with Crippen molar-refractivity contribution in [2.24, 2.45) is 0 Å². The van der Waals surface area contributed by atoms with E-state index < -0.39 is 6.09 Å². The summed E-state index contributed by atoms with van der Waals surface area (Å²) >= 11 is 0.656. The molecule has 0 heterocycles. The second-order valence-electron chi connectivity index (χ2n) is 2.52. The number of hydrogen-bond acceptors (Lipinski definition) is 3. The minimum Gasteiger partial charge on any atom is -0.464 e. The number of carbonyl (C=O) groups excluding carboxylic acids is 1. The number of nitrogens with zero attached hydrogens (tertiary/aromatic N) is 1. The summed E-state index contributed by atoms with van der Waals surface area (Å²) in [6.45, 7) is 0. The Bertz CT molecular complexity index is 339. The molecule has 1 N–H and O–H groups in total. The van der Waals surface area contributed by atoms with Gasteiger partial charge >= 0.3 is 6.09 Å². The van der Waals surface area contributed by atoms with Crippen LogP contribution < -0.4 is 0 Å². The number of carboxylic acid groups (broad SMARTS) is 1. The summed E-state index contributed by atoms with van der Waals surface area (Å²) in [7, 11) is 1.33. The van der Waals surface area contributed by atoms with Crippen LogP contribution in [0.4, 0.5) is 4.79 Å². The average molecular weight is 211 g/mol. The van der Waals surface area contributed by atoms with Crippen molar-refractivity contribution in [3.05, 3.63) is 35.9 Å². The third-order valence-corrected chi connectivity index (χ3v) is 2.33. The second kappa shape index (κ2) is 4.66. The Labute approximate surface area is 85.7 Å². The first kappa shape index (κ1) is 10.6. The normalized spacial score (nSPS) is 9.50. The van der Waals surface area contributed by atoms with E-state index in [2.05, 4.69) is 0 Å². The summed E-state index contributed by atoms with van der Waals surface area (Å²) < 4.78 is 0.870. The molecule has 0 aliphatic heterocycles. The van der Waals surface area contributed by atoms with Crippen molar-refractivity contribution < 1.29 is 14.7 Å². The first-order valence-corrected chi connectivity index (χ1v) is 4.62. The number of benzene rings is 1. The topological polar surface area (TPSA) is 57.6 Å². The quantitative estimate of drug-likeness (QED) is 0.722. The highest BCUT2D eigenvalue weighted by atomic mass is 32.2. The van der Waals surface area contributed by atoms with Gasteiger partial charge in [0, 0.05) is 24.6 Å². The molecule has 1 aromatic carbocycles. The van der Waals surface area contributed by atoms with Crippen molar-refractivity contribution in [3.8, 4) is 0 Å². The van der Waals surface area contributed by atoms with Gasteiger partial charge in [-0.25, -0.2) is 9.10 Å². The predicted octanol–water partition coefficient (Wildman–Crippen LogP) is 2.08. The molecule has 14 heavy (non-hydrogen) atoms. The lowest BCUT2D eigenvalue weighted by Gasteiger charge is -2.09. The van der Waals surface area contributed by atoms with Gasteiger partial charge in [0.15, 0.2) is 0 Å². The molecule has 1 rings (SSSR count). The molecule has 74 valence electrons. The van der Waals surface area contributed by atoms with Crippen molar-refractivity contribution in [3.63, 3.8) is 0 Å². The Balaban J connectivity index is 2.64. The van der Waals surface area contributed by atoms with E-state index in [1.54, 1.807) is 30.3 Å². The molecular formula is C9H9NO3S. The molecule has 0 aliphatic carbocycles. The van der Waals surface area contributed by atoms with Crippen molar-refractivity contribution in [2.75, 3.05) is 7.05 Å². The van der Waals surface area contributed by atoms with Gasteiger partial charge in [-0.2, -0.15) is 0 Å². The summed E-state index contributed by atoms with van der Waals surface area (Å²) in [6, 6.07) is 8.54. The van der Waals surface area contributed by atoms with Crippen molar-refractivity contribution in [1.29, 1.82) is 0 Å². The maximum atomic E-state index is 11.4. The molecular weight excluding hydrogens is 202 g/mol. The molecule has 0 aliphatic rings. The van der Waals surface area contributed by atoms with Gasteiger partial charge in [-0.15, -0.1) is 0 Å². The third kappa shape index (κ3) is 2.77. The Morgan fingerprint density at radius 3 is 2.36 bits per heavy atom. The highest BCUT2D eigenvalue weighted by Gasteiger charge is 2.13. The molecule has 0 aromatic heterocycles. The Kier molecular flexibility index (Phi) is 3.53. The predicted molar refractivity (Wildman–Crippen MR) is 54.2 cm³/mol. The monoisotopic (exact) mass is 211 g/mol. The lowest BCUT2D eigenvalue weighted by Crippen LogP contribution is -2.18. The van der Waals surface area contributed by atoms with Crippen LogP contribution in [0, 0.1) is 0 Å². The minimum atomic E-state index is -1.14. The van der Waals surface area contributed by atoms with Gasteiger partial charge in [-0.3, -0.25) is 4.79 Å². The second-order valence-corrected chi connectivity index (χ2v) is 3.63. The average Bonchev–Trinajstić information content (AvgIpc) is 2.19. The van der Waals surface area contributed by atoms with Gasteiger partial charge in [-0.05, 0) is 0 Å². The van der Waals surface area contributed by atoms with E-state index in [4.69, 9.17) is 5.11 Å². The largest absolute Gasteiger partial charge is 0.464 e. The third-order valence-electron chi connectivity index (χ3n) is 1.50. The van der Waals surface area contributed by atoms with Gasteiger partial charge in [0.25, 0.3) is 0 Å². The van der Waals surface area contributed by atoms with Gasteiger partial charge in [0.2, 0.25) is 5.12 Å². The summed E-state index contributed by atoms with van der Waals surface area (Å²) in [4.78, 5) is 21.8. The van der Waals surface area contributed by atoms with E-state index in [1.165, 1.54) is 7.05 Å². The fourth-order valence-electron chi connectivity index (χ4n) is 0.790. The van der Waals surface area contributed by atoms with Crippen LogP contribution in [0.25, 0.3) is 0 Å². The fourth-order valence-corrected chi connectivity index (χ4v) is 1.36. The van der Waals surface area contributed by atoms with E-state index in [0.717, 1.165) is 4.31 Å². The van der Waals surface area contributed by atoms with Crippen molar-refractivity contribution in [2.45, 2.75) is 0 Å². The molecule has 0 fully saturated rings. The Morgan fingerprint density at radius 1 is 1.29 bits per heavy atom. The lowest BCUT2D eigenvalue weighted by atomic mass is 10.2. The van der Waals surface area contributed by atoms with Crippen LogP contribution in [0.5, 0.6) is 0 Å². The summed E-state index contributed by atoms with van der Waals surface area (Å²) in [5.74, 6) is 0. The zero-order valence-electron chi connectivity index (χ0n) is 7.51. The number of amides is 1. The van der Waals surface area contributed by atoms with E-state index in [1.807, 2.05) is 0 Å². The van der Waals surface area contributed by atoms with Crippen LogP contribution in [0.2, 0.25) is 0 Å². The zero-order valence-corrected chi connectivity index (χ0v) is 8.32. The molecule has 5 heteroatoms. The van der Waals surface area contributed by atoms with Crippen LogP contribution in [-0.4, -0.2) is 27.7 Å². The van der Waals surface area contributed by atoms with E-state index in [0.29, 0.717) is 17.5 Å². The minimum absolute atomic E-state index is 0.282. The zero-order chi connectivity index (χ0) is 10.6. The van der Waals surface area contributed by atoms with E-state index in [9.17, 15) is 9.59 Å². The van der Waals surface area contributed by atoms with Crippen LogP contribution in [0.15, 0.2) is 30.3 Å². The van der Waals surface area contributed by atoms with Gasteiger partial charge in [0.1, 0.15) is 0 Å². The standard InChI is InChI=1S/C9H9NO3S/c1-10(9(12)13)14-8(11)7-5-3-2-4-6-7/h2-6H,1H3,(H,12,13). The number of rotatable bonds is 1. The maximum absolute atomic E-state index is 11.4. The maximum Gasteiger partial charge on any atom is 0.417 e. The van der Waals surface area contributed by atoms with Crippen molar-refractivity contribution in [1.82, 2.24) is 4.31 Å². The Morgan fingerprint density at radius 2 is 1.86 bits per heavy atom. The van der Waals surface area contributed by atoms with E-state index in [-0.39, 0.29) is 5.12 Å². The molecule has 0 atom stereocenters. The fraction of sp³-hybridized carbons (Fsp3) is 0.111. The molecule has 1 amide bonds. The van der Waals surface area contributed by atoms with Gasteiger partial charge in [0.05, 0.1) is 0 Å². The number of hydrogen-bond donors (Lipinski definition) is 1. The molecule has 0 unspecified atom stereocenters. The first-order valence-electron chi connectivity index (χ1n) is 3.85. The van der Waals surface area contributed by atoms with Crippen LogP contribution in [0.3, 0.4) is 0 Å². The Hall–Kier alpha value is -1.49. The number of carbonyl (C=O) groups is 2. The first-order chi connectivity index (χ1) is 6.61. The van der Waals surface area contributed by atoms with Gasteiger partial charge in [-0.1, -0.05) is 30.3 Å². The molecule has 4 nitrogen and oxygen atoms in total. The van der Waals surface area contributed by atoms with Crippen LogP contribution in [-0.2, 0) is 0 Å². The van der Waals surface area contributed by atoms with Crippen LogP contribution in [0.1, 0.15) is 10.4 Å². The van der Waals surface area contributed by atoms with Crippen LogP contribution >= 0.6 is 11.9 Å². The highest BCUT2D eigenvalue weighted by Crippen LogP contribution is 2.15. The highest BCUT2D eigenvalue weighted by molar-refractivity contribution is 8.12. The summed E-state index contributed by atoms with van der Waals surface area (Å²) in [5, 5.41) is 8.25. The van der Waals surface area contributed by atoms with E-state index >= 15 is 0 Å². The van der Waals surface area contributed by atoms with Gasteiger partial charge < -0.3 is 5.11 Å². The smallest absolute Gasteiger partial charge is 0.417 e. The molecule has 0 radical (unpaired) electrons. The molecule has 0 spiro atoms. The molecule has 0 saturated heterocycles. The van der Waals surface area contributed by atoms with Crippen molar-refractivity contribution >= 4 is 23.2 Å². The SMILES string of the molecule is CN(SC(=O)c1ccccc1)C(=O)O. The summed E-state index contributed by atoms with van der Waals surface area (Å²) in [5.41, 5.74) is 0.491.